The lowest BCUT2D eigenvalue weighted by Crippen LogP contribution is -2.35. The molecule has 3 atom stereocenters. The molecular weight excluding hydrogens is 304 g/mol. The van der Waals surface area contributed by atoms with Crippen LogP contribution in [0.15, 0.2) is 18.2 Å². The van der Waals surface area contributed by atoms with Gasteiger partial charge < -0.3 is 25.3 Å². The number of amides is 1. The Labute approximate surface area is 143 Å². The second kappa shape index (κ2) is 7.43. The molecule has 0 aromatic heterocycles. The summed E-state index contributed by atoms with van der Waals surface area (Å²) in [7, 11) is 0. The van der Waals surface area contributed by atoms with Crippen LogP contribution in [-0.4, -0.2) is 32.3 Å². The molecule has 0 radical (unpaired) electrons. The summed E-state index contributed by atoms with van der Waals surface area (Å²) in [6.07, 6.45) is 1.50. The molecule has 1 aromatic carbocycles. The number of carbonyl (C=O) groups excluding carboxylic acids is 1. The number of benzene rings is 1. The van der Waals surface area contributed by atoms with Gasteiger partial charge in [0.1, 0.15) is 11.8 Å². The monoisotopic (exact) mass is 331 g/mol. The van der Waals surface area contributed by atoms with E-state index >= 15 is 0 Å². The van der Waals surface area contributed by atoms with Crippen LogP contribution >= 0.6 is 0 Å². The highest BCUT2D eigenvalue weighted by Gasteiger charge is 2.41. The quantitative estimate of drug-likeness (QED) is 0.883. The van der Waals surface area contributed by atoms with E-state index in [4.69, 9.17) is 4.74 Å². The van der Waals surface area contributed by atoms with Crippen LogP contribution in [0.5, 0.6) is 5.75 Å². The first-order valence-corrected chi connectivity index (χ1v) is 9.02. The Morgan fingerprint density at radius 3 is 2.75 bits per heavy atom. The van der Waals surface area contributed by atoms with Gasteiger partial charge in [-0.05, 0) is 67.3 Å². The zero-order chi connectivity index (χ0) is 17.1. The molecule has 5 heteroatoms. The van der Waals surface area contributed by atoms with Gasteiger partial charge in [0.05, 0.1) is 6.61 Å². The Kier molecular flexibility index (Phi) is 5.29. The van der Waals surface area contributed by atoms with Gasteiger partial charge in [-0.2, -0.15) is 0 Å². The van der Waals surface area contributed by atoms with Crippen molar-refractivity contribution in [3.8, 4) is 5.75 Å². The average molecular weight is 331 g/mol. The fourth-order valence-corrected chi connectivity index (χ4v) is 3.82. The van der Waals surface area contributed by atoms with E-state index in [0.717, 1.165) is 36.7 Å². The van der Waals surface area contributed by atoms with Gasteiger partial charge in [-0.3, -0.25) is 0 Å². The van der Waals surface area contributed by atoms with Crippen LogP contribution in [0.4, 0.5) is 4.79 Å². The first-order valence-electron chi connectivity index (χ1n) is 9.02. The number of fused-ring (bicyclic) bond motifs is 3. The molecule has 5 nitrogen and oxygen atoms in total. The minimum absolute atomic E-state index is 0.419. The number of rotatable bonds is 4. The maximum absolute atomic E-state index is 9.38. The first-order chi connectivity index (χ1) is 11.6. The highest BCUT2D eigenvalue weighted by molar-refractivity contribution is 5.61. The van der Waals surface area contributed by atoms with Gasteiger partial charge in [-0.25, -0.2) is 0 Å². The van der Waals surface area contributed by atoms with Gasteiger partial charge in [0.25, 0.3) is 0 Å². The summed E-state index contributed by atoms with van der Waals surface area (Å²) in [5.74, 6) is 4.15. The number of carbonyl (C=O) groups is 1. The third-order valence-corrected chi connectivity index (χ3v) is 5.36. The van der Waals surface area contributed by atoms with Crippen LogP contribution in [0, 0.1) is 11.8 Å². The summed E-state index contributed by atoms with van der Waals surface area (Å²) >= 11 is 0. The standard InChI is InChI=1S/C16H21NO.C3H7NO2/c1-10-13-5-4-12(18-9-11-2-3-11)6-14(13)16-8-17-7-15(10)16;1-2-4-3(5)6/h4-6,10-11,15-17H,2-3,7-9H2,1H3;4H,2H2,1H3,(H,5,6)/p-1. The predicted molar refractivity (Wildman–Crippen MR) is 91.2 cm³/mol. The SMILES string of the molecule is CC1c2ccc(OCC3CC3)cc2C2CNCC12.CCNC(=O)[O-]. The Balaban J connectivity index is 0.000000246. The van der Waals surface area contributed by atoms with Crippen molar-refractivity contribution < 1.29 is 14.6 Å². The first kappa shape index (κ1) is 17.1. The van der Waals surface area contributed by atoms with Crippen LogP contribution in [0.1, 0.15) is 49.7 Å². The topological polar surface area (TPSA) is 73.4 Å². The third kappa shape index (κ3) is 3.83. The molecule has 2 N–H and O–H groups in total. The summed E-state index contributed by atoms with van der Waals surface area (Å²) < 4.78 is 5.92. The fourth-order valence-electron chi connectivity index (χ4n) is 3.82. The number of hydrogen-bond acceptors (Lipinski definition) is 4. The van der Waals surface area contributed by atoms with Crippen molar-refractivity contribution in [3.63, 3.8) is 0 Å². The molecule has 24 heavy (non-hydrogen) atoms. The number of hydrogen-bond donors (Lipinski definition) is 2. The largest absolute Gasteiger partial charge is 0.530 e. The van der Waals surface area contributed by atoms with Crippen LogP contribution in [-0.2, 0) is 0 Å². The summed E-state index contributed by atoms with van der Waals surface area (Å²) in [6, 6.07) is 6.79. The molecule has 0 spiro atoms. The van der Waals surface area contributed by atoms with E-state index < -0.39 is 6.09 Å². The molecule has 3 unspecified atom stereocenters. The van der Waals surface area contributed by atoms with Crippen molar-refractivity contribution >= 4 is 6.09 Å². The molecule has 1 saturated carbocycles. The zero-order valence-electron chi connectivity index (χ0n) is 14.5. The van der Waals surface area contributed by atoms with E-state index in [9.17, 15) is 9.90 Å². The highest BCUT2D eigenvalue weighted by atomic mass is 16.5. The Bertz CT molecular complexity index is 586. The fraction of sp³-hybridized carbons (Fsp3) is 0.632. The van der Waals surface area contributed by atoms with Crippen molar-refractivity contribution in [1.29, 1.82) is 0 Å². The van der Waals surface area contributed by atoms with Gasteiger partial charge in [0, 0.05) is 19.0 Å². The number of ether oxygens (including phenoxy) is 1. The van der Waals surface area contributed by atoms with Crippen molar-refractivity contribution in [1.82, 2.24) is 10.6 Å². The van der Waals surface area contributed by atoms with Gasteiger partial charge in [-0.1, -0.05) is 13.0 Å². The molecular formula is C19H27N2O3-. The normalized spacial score (nSPS) is 26.8. The summed E-state index contributed by atoms with van der Waals surface area (Å²) in [5.41, 5.74) is 3.11. The Morgan fingerprint density at radius 2 is 2.12 bits per heavy atom. The molecule has 2 fully saturated rings. The summed E-state index contributed by atoms with van der Waals surface area (Å²) in [4.78, 5) is 9.38. The van der Waals surface area contributed by atoms with Gasteiger partial charge in [-0.15, -0.1) is 0 Å². The van der Waals surface area contributed by atoms with Crippen molar-refractivity contribution in [2.75, 3.05) is 26.2 Å². The van der Waals surface area contributed by atoms with E-state index in [1.54, 1.807) is 18.1 Å². The minimum Gasteiger partial charge on any atom is -0.530 e. The molecule has 1 amide bonds. The molecule has 2 aliphatic carbocycles. The maximum Gasteiger partial charge on any atom is 0.134 e. The van der Waals surface area contributed by atoms with Gasteiger partial charge in [0.2, 0.25) is 0 Å². The van der Waals surface area contributed by atoms with Crippen molar-refractivity contribution in [3.05, 3.63) is 29.3 Å². The Hall–Kier alpha value is -1.75. The molecule has 4 rings (SSSR count). The third-order valence-electron chi connectivity index (χ3n) is 5.36. The molecule has 3 aliphatic rings. The number of nitrogens with one attached hydrogen (secondary N) is 2. The zero-order valence-corrected chi connectivity index (χ0v) is 14.5. The van der Waals surface area contributed by atoms with Crippen molar-refractivity contribution in [2.45, 2.75) is 38.5 Å². The lowest BCUT2D eigenvalue weighted by molar-refractivity contribution is -0.250. The second-order valence-electron chi connectivity index (χ2n) is 7.08. The van der Waals surface area contributed by atoms with E-state index in [0.29, 0.717) is 12.5 Å². The van der Waals surface area contributed by atoms with Crippen molar-refractivity contribution in [2.24, 2.45) is 11.8 Å². The van der Waals surface area contributed by atoms with Crippen LogP contribution in [0.25, 0.3) is 0 Å². The molecule has 0 bridgehead atoms. The molecule has 1 aromatic rings. The van der Waals surface area contributed by atoms with E-state index in [-0.39, 0.29) is 0 Å². The van der Waals surface area contributed by atoms with Gasteiger partial charge in [0.15, 0.2) is 0 Å². The Morgan fingerprint density at radius 1 is 1.33 bits per heavy atom. The summed E-state index contributed by atoms with van der Waals surface area (Å²) in [5, 5.41) is 14.9. The average Bonchev–Trinajstić information content (AvgIpc) is 3.19. The molecule has 1 heterocycles. The lowest BCUT2D eigenvalue weighted by Gasteiger charge is -2.12. The molecule has 132 valence electrons. The van der Waals surface area contributed by atoms with Crippen LogP contribution < -0.4 is 20.5 Å². The predicted octanol–water partition coefficient (Wildman–Crippen LogP) is 1.83. The maximum atomic E-state index is 9.38. The molecule has 1 saturated heterocycles. The molecule has 1 aliphatic heterocycles. The van der Waals surface area contributed by atoms with Crippen LogP contribution in [0.3, 0.4) is 0 Å². The lowest BCUT2D eigenvalue weighted by atomic mass is 9.91. The number of carboxylic acid groups (broad SMARTS) is 1. The van der Waals surface area contributed by atoms with Gasteiger partial charge >= 0.3 is 0 Å². The smallest absolute Gasteiger partial charge is 0.134 e. The second-order valence-corrected chi connectivity index (χ2v) is 7.08. The van der Waals surface area contributed by atoms with Crippen LogP contribution in [0.2, 0.25) is 0 Å². The highest BCUT2D eigenvalue weighted by Crippen LogP contribution is 2.48. The van der Waals surface area contributed by atoms with E-state index in [2.05, 4.69) is 30.4 Å². The van der Waals surface area contributed by atoms with E-state index in [1.807, 2.05) is 5.32 Å². The minimum atomic E-state index is -1.21. The van der Waals surface area contributed by atoms with E-state index in [1.165, 1.54) is 19.4 Å². The summed E-state index contributed by atoms with van der Waals surface area (Å²) in [6.45, 7) is 7.73.